The third-order valence-electron chi connectivity index (χ3n) is 3.49. The van der Waals surface area contributed by atoms with E-state index in [-0.39, 0.29) is 12.3 Å². The summed E-state index contributed by atoms with van der Waals surface area (Å²) in [7, 11) is 0. The Morgan fingerprint density at radius 2 is 2.29 bits per heavy atom. The number of nitrogens with one attached hydrogen (secondary N) is 1. The van der Waals surface area contributed by atoms with Crippen molar-refractivity contribution in [3.8, 4) is 5.75 Å². The maximum atomic E-state index is 12.1. The van der Waals surface area contributed by atoms with Crippen molar-refractivity contribution in [3.63, 3.8) is 0 Å². The van der Waals surface area contributed by atoms with E-state index in [0.717, 1.165) is 28.4 Å². The van der Waals surface area contributed by atoms with Crippen molar-refractivity contribution in [2.45, 2.75) is 26.2 Å². The number of carbonyl (C=O) groups is 1. The smallest absolute Gasteiger partial charge is 0.246 e. The number of aromatic nitrogens is 1. The fraction of sp³-hybridized carbons (Fsp3) is 0.312. The Hall–Kier alpha value is -1.63. The van der Waals surface area contributed by atoms with Crippen LogP contribution in [0, 0.1) is 6.92 Å². The molecule has 0 bridgehead atoms. The molecular formula is C16H15Cl2N3O2S. The standard InChI is InChI=1S/C16H15Cl2N3O2S/c1-9-19-10(8-24-9)7-14(22)21-20-13-3-2-6-23-16-11(13)4-5-12(17)15(16)18/h4-5,8H,2-3,6-7H2,1H3,(H,21,22)/b20-13-. The first-order valence-corrected chi connectivity index (χ1v) is 9.05. The van der Waals surface area contributed by atoms with Gasteiger partial charge in [-0.3, -0.25) is 4.79 Å². The fourth-order valence-electron chi connectivity index (χ4n) is 2.39. The lowest BCUT2D eigenvalue weighted by molar-refractivity contribution is -0.120. The van der Waals surface area contributed by atoms with Crippen LogP contribution < -0.4 is 10.2 Å². The molecule has 2 aromatic rings. The average Bonchev–Trinajstić information content (AvgIpc) is 2.84. The Morgan fingerprint density at radius 1 is 1.46 bits per heavy atom. The molecule has 2 heterocycles. The Kier molecular flexibility index (Phi) is 5.38. The van der Waals surface area contributed by atoms with E-state index in [9.17, 15) is 4.79 Å². The minimum atomic E-state index is -0.209. The third kappa shape index (κ3) is 3.88. The lowest BCUT2D eigenvalue weighted by Crippen LogP contribution is -2.22. The van der Waals surface area contributed by atoms with Crippen LogP contribution in [0.5, 0.6) is 5.75 Å². The highest BCUT2D eigenvalue weighted by molar-refractivity contribution is 7.09. The van der Waals surface area contributed by atoms with Gasteiger partial charge < -0.3 is 4.74 Å². The number of carbonyl (C=O) groups excluding carboxylic acids is 1. The van der Waals surface area contributed by atoms with E-state index >= 15 is 0 Å². The maximum Gasteiger partial charge on any atom is 0.246 e. The van der Waals surface area contributed by atoms with Gasteiger partial charge in [0.2, 0.25) is 5.91 Å². The molecular weight excluding hydrogens is 369 g/mol. The molecule has 1 aliphatic rings. The van der Waals surface area contributed by atoms with Crippen LogP contribution in [0.4, 0.5) is 0 Å². The number of aryl methyl sites for hydroxylation is 1. The summed E-state index contributed by atoms with van der Waals surface area (Å²) >= 11 is 13.8. The van der Waals surface area contributed by atoms with E-state index in [1.165, 1.54) is 11.3 Å². The molecule has 0 saturated heterocycles. The van der Waals surface area contributed by atoms with Crippen molar-refractivity contribution in [1.82, 2.24) is 10.4 Å². The van der Waals surface area contributed by atoms with Crippen molar-refractivity contribution >= 4 is 46.2 Å². The molecule has 0 unspecified atom stereocenters. The average molecular weight is 384 g/mol. The summed E-state index contributed by atoms with van der Waals surface area (Å²) in [6.45, 7) is 2.43. The van der Waals surface area contributed by atoms with E-state index in [1.807, 2.05) is 18.4 Å². The molecule has 1 aliphatic heterocycles. The quantitative estimate of drug-likeness (QED) is 0.814. The molecule has 5 nitrogen and oxygen atoms in total. The molecule has 1 N–H and O–H groups in total. The summed E-state index contributed by atoms with van der Waals surface area (Å²) in [6.07, 6.45) is 1.66. The molecule has 1 aromatic carbocycles. The van der Waals surface area contributed by atoms with E-state index in [2.05, 4.69) is 15.5 Å². The monoisotopic (exact) mass is 383 g/mol. The van der Waals surface area contributed by atoms with Crippen molar-refractivity contribution in [2.24, 2.45) is 5.10 Å². The minimum Gasteiger partial charge on any atom is -0.491 e. The lowest BCUT2D eigenvalue weighted by Gasteiger charge is -2.11. The molecule has 24 heavy (non-hydrogen) atoms. The number of hydrogen-bond acceptors (Lipinski definition) is 5. The number of nitrogens with zero attached hydrogens (tertiary/aromatic N) is 2. The van der Waals surface area contributed by atoms with Gasteiger partial charge in [-0.1, -0.05) is 23.2 Å². The number of ether oxygens (including phenoxy) is 1. The molecule has 126 valence electrons. The SMILES string of the molecule is Cc1nc(CC(=O)N/N=C2/CCCOc3c2ccc(Cl)c3Cl)cs1. The highest BCUT2D eigenvalue weighted by Crippen LogP contribution is 2.37. The van der Waals surface area contributed by atoms with Crippen molar-refractivity contribution in [3.05, 3.63) is 43.8 Å². The largest absolute Gasteiger partial charge is 0.491 e. The van der Waals surface area contributed by atoms with E-state index in [0.29, 0.717) is 28.8 Å². The van der Waals surface area contributed by atoms with Crippen LogP contribution in [-0.2, 0) is 11.2 Å². The normalized spacial score (nSPS) is 15.5. The Bertz CT molecular complexity index is 805. The number of hydrogen-bond donors (Lipinski definition) is 1. The second-order valence-electron chi connectivity index (χ2n) is 5.32. The van der Waals surface area contributed by atoms with Crippen LogP contribution in [0.2, 0.25) is 10.0 Å². The van der Waals surface area contributed by atoms with Gasteiger partial charge in [0, 0.05) is 10.9 Å². The first kappa shape index (κ1) is 17.2. The van der Waals surface area contributed by atoms with Crippen LogP contribution in [0.15, 0.2) is 22.6 Å². The number of hydrazone groups is 1. The van der Waals surface area contributed by atoms with Crippen LogP contribution in [-0.4, -0.2) is 23.2 Å². The summed E-state index contributed by atoms with van der Waals surface area (Å²) in [5.74, 6) is 0.310. The molecule has 0 fully saturated rings. The van der Waals surface area contributed by atoms with E-state index in [1.54, 1.807) is 6.07 Å². The highest BCUT2D eigenvalue weighted by atomic mass is 35.5. The fourth-order valence-corrected chi connectivity index (χ4v) is 3.37. The summed E-state index contributed by atoms with van der Waals surface area (Å²) in [6, 6.07) is 3.51. The molecule has 1 amide bonds. The first-order valence-electron chi connectivity index (χ1n) is 7.42. The second kappa shape index (κ2) is 7.51. The summed E-state index contributed by atoms with van der Waals surface area (Å²) < 4.78 is 5.68. The van der Waals surface area contributed by atoms with Gasteiger partial charge in [-0.05, 0) is 31.9 Å². The van der Waals surface area contributed by atoms with Gasteiger partial charge in [-0.15, -0.1) is 11.3 Å². The summed E-state index contributed by atoms with van der Waals surface area (Å²) in [5, 5.41) is 7.88. The van der Waals surface area contributed by atoms with Crippen molar-refractivity contribution < 1.29 is 9.53 Å². The van der Waals surface area contributed by atoms with E-state index in [4.69, 9.17) is 27.9 Å². The number of benzene rings is 1. The summed E-state index contributed by atoms with van der Waals surface area (Å²) in [4.78, 5) is 16.3. The number of fused-ring (bicyclic) bond motifs is 1. The molecule has 0 saturated carbocycles. The second-order valence-corrected chi connectivity index (χ2v) is 7.17. The van der Waals surface area contributed by atoms with Crippen LogP contribution in [0.1, 0.15) is 29.1 Å². The molecule has 3 rings (SSSR count). The van der Waals surface area contributed by atoms with Gasteiger partial charge in [0.1, 0.15) is 10.8 Å². The van der Waals surface area contributed by atoms with Crippen LogP contribution in [0.3, 0.4) is 0 Å². The Balaban J connectivity index is 1.78. The predicted molar refractivity (Wildman–Crippen MR) is 96.4 cm³/mol. The number of halogens is 2. The molecule has 1 aromatic heterocycles. The number of thiazole rings is 1. The van der Waals surface area contributed by atoms with Crippen LogP contribution >= 0.6 is 34.5 Å². The van der Waals surface area contributed by atoms with Crippen molar-refractivity contribution in [2.75, 3.05) is 6.61 Å². The zero-order chi connectivity index (χ0) is 17.1. The van der Waals surface area contributed by atoms with Gasteiger partial charge in [0.25, 0.3) is 0 Å². The highest BCUT2D eigenvalue weighted by Gasteiger charge is 2.20. The van der Waals surface area contributed by atoms with Crippen molar-refractivity contribution in [1.29, 1.82) is 0 Å². The van der Waals surface area contributed by atoms with Crippen LogP contribution in [0.25, 0.3) is 0 Å². The minimum absolute atomic E-state index is 0.200. The molecule has 0 spiro atoms. The zero-order valence-corrected chi connectivity index (χ0v) is 15.3. The number of rotatable bonds is 3. The number of amides is 1. The van der Waals surface area contributed by atoms with Gasteiger partial charge in [-0.25, -0.2) is 10.4 Å². The van der Waals surface area contributed by atoms with Gasteiger partial charge in [-0.2, -0.15) is 5.10 Å². The topological polar surface area (TPSA) is 63.6 Å². The molecule has 8 heteroatoms. The molecule has 0 aliphatic carbocycles. The first-order chi connectivity index (χ1) is 11.5. The zero-order valence-electron chi connectivity index (χ0n) is 12.9. The predicted octanol–water partition coefficient (Wildman–Crippen LogP) is 3.99. The third-order valence-corrected chi connectivity index (χ3v) is 5.10. The van der Waals surface area contributed by atoms with Gasteiger partial charge in [0.05, 0.1) is 34.5 Å². The van der Waals surface area contributed by atoms with Gasteiger partial charge in [0.15, 0.2) is 0 Å². The molecule has 0 atom stereocenters. The Labute approximate surface area is 153 Å². The van der Waals surface area contributed by atoms with Gasteiger partial charge >= 0.3 is 0 Å². The Morgan fingerprint density at radius 3 is 3.04 bits per heavy atom. The van der Waals surface area contributed by atoms with E-state index < -0.39 is 0 Å². The summed E-state index contributed by atoms with van der Waals surface area (Å²) in [5.41, 5.74) is 4.82. The molecule has 0 radical (unpaired) electrons. The lowest BCUT2D eigenvalue weighted by atomic mass is 10.1. The maximum absolute atomic E-state index is 12.1.